The highest BCUT2D eigenvalue weighted by atomic mass is 19.1. The van der Waals surface area contributed by atoms with Crippen molar-refractivity contribution in [2.75, 3.05) is 13.2 Å². The first-order chi connectivity index (χ1) is 16.5. The summed E-state index contributed by atoms with van der Waals surface area (Å²) in [6.45, 7) is 4.27. The predicted octanol–water partition coefficient (Wildman–Crippen LogP) is 5.40. The van der Waals surface area contributed by atoms with Crippen LogP contribution in [0.4, 0.5) is 4.39 Å². The Kier molecular flexibility index (Phi) is 7.28. The number of hydrogen-bond donors (Lipinski definition) is 3. The van der Waals surface area contributed by atoms with E-state index in [1.165, 1.54) is 12.1 Å². The van der Waals surface area contributed by atoms with Crippen LogP contribution >= 0.6 is 0 Å². The van der Waals surface area contributed by atoms with Crippen molar-refractivity contribution in [1.29, 1.82) is 0 Å². The minimum atomic E-state index is -0.545. The van der Waals surface area contributed by atoms with Gasteiger partial charge in [-0.2, -0.15) is 0 Å². The molecule has 1 heterocycles. The zero-order chi connectivity index (χ0) is 24.1. The van der Waals surface area contributed by atoms with E-state index in [0.717, 1.165) is 39.6 Å². The van der Waals surface area contributed by atoms with Crippen molar-refractivity contribution in [2.24, 2.45) is 0 Å². The number of aliphatic hydroxyl groups is 1. The van der Waals surface area contributed by atoms with Gasteiger partial charge in [-0.3, -0.25) is 4.79 Å². The van der Waals surface area contributed by atoms with Crippen molar-refractivity contribution in [2.45, 2.75) is 32.7 Å². The Bertz CT molecular complexity index is 1300. The van der Waals surface area contributed by atoms with E-state index < -0.39 is 6.04 Å². The van der Waals surface area contributed by atoms with Gasteiger partial charge in [0.05, 0.1) is 24.8 Å². The van der Waals surface area contributed by atoms with E-state index in [9.17, 15) is 14.3 Å². The van der Waals surface area contributed by atoms with Crippen molar-refractivity contribution in [3.63, 3.8) is 0 Å². The first kappa shape index (κ1) is 23.5. The molecular formula is C28H29FN2O3. The molecule has 0 aliphatic carbocycles. The maximum Gasteiger partial charge on any atom is 0.255 e. The molecule has 4 rings (SSSR count). The van der Waals surface area contributed by atoms with Crippen LogP contribution in [0.15, 0.2) is 66.9 Å². The summed E-state index contributed by atoms with van der Waals surface area (Å²) in [6.07, 6.45) is 2.96. The standard InChI is InChI=1S/C28H29FN2O3/c1-3-11-34-27-10-7-20(19-6-4-5-18(2)12-19)14-25(27)28(33)31-23(17-32)13-21-16-30-26-9-8-22(29)15-24(21)26/h4-10,12,14-16,23,30,32H,3,11,13,17H2,1-2H3,(H,31,33). The van der Waals surface area contributed by atoms with E-state index in [2.05, 4.69) is 16.4 Å². The van der Waals surface area contributed by atoms with E-state index in [4.69, 9.17) is 4.74 Å². The van der Waals surface area contributed by atoms with Crippen molar-refractivity contribution < 1.29 is 19.0 Å². The molecule has 4 aromatic rings. The zero-order valence-electron chi connectivity index (χ0n) is 19.4. The first-order valence-electron chi connectivity index (χ1n) is 11.5. The molecule has 34 heavy (non-hydrogen) atoms. The Balaban J connectivity index is 1.60. The molecule has 0 aliphatic rings. The fourth-order valence-corrected chi connectivity index (χ4v) is 4.06. The third-order valence-electron chi connectivity index (χ3n) is 5.79. The number of aryl methyl sites for hydroxylation is 1. The third kappa shape index (κ3) is 5.29. The maximum atomic E-state index is 13.7. The number of rotatable bonds is 9. The number of carbonyl (C=O) groups excluding carboxylic acids is 1. The molecular weight excluding hydrogens is 431 g/mol. The van der Waals surface area contributed by atoms with E-state index in [0.29, 0.717) is 24.3 Å². The van der Waals surface area contributed by atoms with Gasteiger partial charge in [0, 0.05) is 17.1 Å². The highest BCUT2D eigenvalue weighted by Crippen LogP contribution is 2.28. The average Bonchev–Trinajstić information content (AvgIpc) is 3.23. The summed E-state index contributed by atoms with van der Waals surface area (Å²) in [5.41, 5.74) is 5.09. The van der Waals surface area contributed by atoms with Crippen LogP contribution in [-0.4, -0.2) is 35.3 Å². The molecule has 0 saturated carbocycles. The van der Waals surface area contributed by atoms with Crippen LogP contribution in [0.3, 0.4) is 0 Å². The molecule has 5 nitrogen and oxygen atoms in total. The summed E-state index contributed by atoms with van der Waals surface area (Å²) in [7, 11) is 0. The summed E-state index contributed by atoms with van der Waals surface area (Å²) in [5.74, 6) is -0.157. The fraction of sp³-hybridized carbons (Fsp3) is 0.250. The molecule has 1 amide bonds. The second-order valence-corrected chi connectivity index (χ2v) is 8.49. The molecule has 0 fully saturated rings. The lowest BCUT2D eigenvalue weighted by Crippen LogP contribution is -2.39. The lowest BCUT2D eigenvalue weighted by molar-refractivity contribution is 0.0912. The van der Waals surface area contributed by atoms with Gasteiger partial charge >= 0.3 is 0 Å². The number of aromatic amines is 1. The van der Waals surface area contributed by atoms with Crippen molar-refractivity contribution >= 4 is 16.8 Å². The third-order valence-corrected chi connectivity index (χ3v) is 5.79. The summed E-state index contributed by atoms with van der Waals surface area (Å²) in [4.78, 5) is 16.4. The Labute approximate surface area is 198 Å². The van der Waals surface area contributed by atoms with Gasteiger partial charge < -0.3 is 20.1 Å². The number of ether oxygens (including phenoxy) is 1. The topological polar surface area (TPSA) is 74.3 Å². The van der Waals surface area contributed by atoms with Crippen molar-refractivity contribution in [1.82, 2.24) is 10.3 Å². The van der Waals surface area contributed by atoms with Gasteiger partial charge in [0.1, 0.15) is 11.6 Å². The van der Waals surface area contributed by atoms with Gasteiger partial charge in [-0.1, -0.05) is 42.8 Å². The van der Waals surface area contributed by atoms with E-state index in [-0.39, 0.29) is 18.3 Å². The molecule has 1 aromatic heterocycles. The highest BCUT2D eigenvalue weighted by molar-refractivity contribution is 5.98. The quantitative estimate of drug-likeness (QED) is 0.313. The van der Waals surface area contributed by atoms with Crippen molar-refractivity contribution in [3.05, 3.63) is 89.4 Å². The predicted molar refractivity (Wildman–Crippen MR) is 133 cm³/mol. The molecule has 1 atom stereocenters. The molecule has 176 valence electrons. The SMILES string of the molecule is CCCOc1ccc(-c2cccc(C)c2)cc1C(=O)NC(CO)Cc1c[nH]c2ccc(F)cc12. The van der Waals surface area contributed by atoms with Crippen LogP contribution in [0.25, 0.3) is 22.0 Å². The Morgan fingerprint density at radius 2 is 1.94 bits per heavy atom. The molecule has 3 N–H and O–H groups in total. The number of amides is 1. The van der Waals surface area contributed by atoms with Crippen LogP contribution in [0.5, 0.6) is 5.75 Å². The maximum absolute atomic E-state index is 13.7. The number of aromatic nitrogens is 1. The summed E-state index contributed by atoms with van der Waals surface area (Å²) in [5, 5.41) is 13.7. The Morgan fingerprint density at radius 1 is 1.12 bits per heavy atom. The Morgan fingerprint density at radius 3 is 2.71 bits per heavy atom. The van der Waals surface area contributed by atoms with E-state index in [1.54, 1.807) is 12.3 Å². The van der Waals surface area contributed by atoms with Gasteiger partial charge in [0.15, 0.2) is 0 Å². The zero-order valence-corrected chi connectivity index (χ0v) is 19.4. The second kappa shape index (κ2) is 10.5. The van der Waals surface area contributed by atoms with Crippen LogP contribution in [0.2, 0.25) is 0 Å². The number of halogens is 1. The van der Waals surface area contributed by atoms with E-state index >= 15 is 0 Å². The molecule has 0 spiro atoms. The number of fused-ring (bicyclic) bond motifs is 1. The van der Waals surface area contributed by atoms with E-state index in [1.807, 2.05) is 50.2 Å². The lowest BCUT2D eigenvalue weighted by Gasteiger charge is -2.18. The first-order valence-corrected chi connectivity index (χ1v) is 11.5. The van der Waals surface area contributed by atoms with Crippen molar-refractivity contribution in [3.8, 4) is 16.9 Å². The molecule has 0 bridgehead atoms. The van der Waals surface area contributed by atoms with Crippen LogP contribution in [-0.2, 0) is 6.42 Å². The molecule has 0 radical (unpaired) electrons. The Hall–Kier alpha value is -3.64. The number of nitrogens with one attached hydrogen (secondary N) is 2. The highest BCUT2D eigenvalue weighted by Gasteiger charge is 2.20. The largest absolute Gasteiger partial charge is 0.493 e. The molecule has 1 unspecified atom stereocenters. The number of hydrogen-bond acceptors (Lipinski definition) is 3. The second-order valence-electron chi connectivity index (χ2n) is 8.49. The molecule has 6 heteroatoms. The molecule has 3 aromatic carbocycles. The smallest absolute Gasteiger partial charge is 0.255 e. The molecule has 0 saturated heterocycles. The summed E-state index contributed by atoms with van der Waals surface area (Å²) >= 11 is 0. The normalized spacial score (nSPS) is 12.0. The van der Waals surface area contributed by atoms with Crippen LogP contribution < -0.4 is 10.1 Å². The lowest BCUT2D eigenvalue weighted by atomic mass is 10.00. The minimum Gasteiger partial charge on any atom is -0.493 e. The fourth-order valence-electron chi connectivity index (χ4n) is 4.06. The summed E-state index contributed by atoms with van der Waals surface area (Å²) < 4.78 is 19.6. The minimum absolute atomic E-state index is 0.254. The number of benzene rings is 3. The van der Waals surface area contributed by atoms with Gasteiger partial charge in [-0.05, 0) is 66.8 Å². The average molecular weight is 461 g/mol. The molecule has 0 aliphatic heterocycles. The number of H-pyrrole nitrogens is 1. The van der Waals surface area contributed by atoms with Gasteiger partial charge in [-0.15, -0.1) is 0 Å². The van der Waals surface area contributed by atoms with Gasteiger partial charge in [0.2, 0.25) is 0 Å². The van der Waals surface area contributed by atoms with Crippen LogP contribution in [0.1, 0.15) is 34.8 Å². The van der Waals surface area contributed by atoms with Crippen LogP contribution in [0, 0.1) is 12.7 Å². The van der Waals surface area contributed by atoms with Gasteiger partial charge in [-0.25, -0.2) is 4.39 Å². The monoisotopic (exact) mass is 460 g/mol. The number of carbonyl (C=O) groups is 1. The number of aliphatic hydroxyl groups excluding tert-OH is 1. The van der Waals surface area contributed by atoms with Gasteiger partial charge in [0.25, 0.3) is 5.91 Å². The summed E-state index contributed by atoms with van der Waals surface area (Å²) in [6, 6.07) is 17.7.